The average molecular weight is 626 g/mol. The number of carbonyl (C=O) groups is 1. The lowest BCUT2D eigenvalue weighted by Crippen LogP contribution is -2.35. The van der Waals surface area contributed by atoms with Crippen molar-refractivity contribution in [3.05, 3.63) is 107 Å². The van der Waals surface area contributed by atoms with Crippen LogP contribution in [0.3, 0.4) is 0 Å². The molecule has 0 bridgehead atoms. The molecular formula is C34H35N5O5S. The number of aromatic nitrogens is 4. The molecule has 2 atom stereocenters. The highest BCUT2D eigenvalue weighted by Gasteiger charge is 2.33. The first kappa shape index (κ1) is 30.4. The van der Waals surface area contributed by atoms with Crippen molar-refractivity contribution in [3.63, 3.8) is 0 Å². The van der Waals surface area contributed by atoms with E-state index in [-0.39, 0.29) is 48.6 Å². The molecule has 3 heterocycles. The second-order valence-corrected chi connectivity index (χ2v) is 13.4. The third-order valence-corrected chi connectivity index (χ3v) is 10.1. The summed E-state index contributed by atoms with van der Waals surface area (Å²) in [6.07, 6.45) is 3.51. The Morgan fingerprint density at radius 3 is 2.69 bits per heavy atom. The van der Waals surface area contributed by atoms with E-state index in [2.05, 4.69) is 15.3 Å². The van der Waals surface area contributed by atoms with Crippen molar-refractivity contribution >= 4 is 26.8 Å². The third-order valence-electron chi connectivity index (χ3n) is 8.24. The average Bonchev–Trinajstić information content (AvgIpc) is 3.37. The second-order valence-electron chi connectivity index (χ2n) is 11.5. The van der Waals surface area contributed by atoms with Crippen molar-refractivity contribution in [2.24, 2.45) is 7.05 Å². The Kier molecular flexibility index (Phi) is 8.39. The molecule has 0 radical (unpaired) electrons. The van der Waals surface area contributed by atoms with Crippen LogP contribution in [0.1, 0.15) is 47.1 Å². The fraction of sp³-hybridized carbons (Fsp3) is 0.294. The molecule has 2 aromatic heterocycles. The summed E-state index contributed by atoms with van der Waals surface area (Å²) in [6.45, 7) is 4.20. The molecule has 0 unspecified atom stereocenters. The molecule has 0 N–H and O–H groups in total. The lowest BCUT2D eigenvalue weighted by atomic mass is 9.84. The maximum Gasteiger partial charge on any atom is 0.247 e. The number of rotatable bonds is 9. The Bertz CT molecular complexity index is 1980. The number of pyridine rings is 1. The molecule has 232 valence electrons. The zero-order chi connectivity index (χ0) is 31.7. The van der Waals surface area contributed by atoms with Crippen LogP contribution in [-0.2, 0) is 34.8 Å². The van der Waals surface area contributed by atoms with Crippen LogP contribution in [0.25, 0.3) is 11.0 Å². The smallest absolute Gasteiger partial charge is 0.247 e. The maximum absolute atomic E-state index is 13.8. The highest BCUT2D eigenvalue weighted by Crippen LogP contribution is 2.37. The third kappa shape index (κ3) is 6.18. The van der Waals surface area contributed by atoms with Gasteiger partial charge in [-0.3, -0.25) is 9.78 Å². The van der Waals surface area contributed by atoms with Gasteiger partial charge in [0.05, 0.1) is 13.7 Å². The van der Waals surface area contributed by atoms with Crippen molar-refractivity contribution < 1.29 is 22.7 Å². The van der Waals surface area contributed by atoms with Gasteiger partial charge in [-0.1, -0.05) is 41.6 Å². The Morgan fingerprint density at radius 1 is 1.09 bits per heavy atom. The summed E-state index contributed by atoms with van der Waals surface area (Å²) < 4.78 is 42.5. The molecule has 45 heavy (non-hydrogen) atoms. The van der Waals surface area contributed by atoms with E-state index < -0.39 is 10.0 Å². The van der Waals surface area contributed by atoms with Gasteiger partial charge in [-0.15, -0.1) is 5.10 Å². The number of hydrogen-bond acceptors (Lipinski definition) is 8. The molecular weight excluding hydrogens is 590 g/mol. The number of ether oxygens (including phenoxy) is 2. The first-order valence-corrected chi connectivity index (χ1v) is 16.2. The number of hydrogen-bond donors (Lipinski definition) is 0. The van der Waals surface area contributed by atoms with Crippen LogP contribution in [0.2, 0.25) is 0 Å². The molecule has 6 rings (SSSR count). The van der Waals surface area contributed by atoms with E-state index in [4.69, 9.17) is 9.47 Å². The number of nitrogens with zero attached hydrogens (tertiary/aromatic N) is 5. The summed E-state index contributed by atoms with van der Waals surface area (Å²) in [4.78, 5) is 17.9. The molecule has 0 aliphatic carbocycles. The Balaban J connectivity index is 1.40. The summed E-state index contributed by atoms with van der Waals surface area (Å²) in [6, 6.07) is 20.3. The topological polar surface area (TPSA) is 117 Å². The van der Waals surface area contributed by atoms with Crippen LogP contribution in [0.4, 0.5) is 0 Å². The monoisotopic (exact) mass is 625 g/mol. The van der Waals surface area contributed by atoms with Gasteiger partial charge in [0.15, 0.2) is 0 Å². The number of para-hydroxylation sites is 1. The SMILES string of the molecule is COc1cc([C@@H](CC(=O)Cc2cccnc2)c2ccc(C)c(CN3C[C@@H](C)Oc4ccccc4S3(=O)=O)c2)cc2nnn(C)c12. The quantitative estimate of drug-likeness (QED) is 0.225. The highest BCUT2D eigenvalue weighted by atomic mass is 32.2. The Hall–Kier alpha value is -4.61. The predicted octanol–water partition coefficient (Wildman–Crippen LogP) is 4.99. The van der Waals surface area contributed by atoms with E-state index in [1.165, 1.54) is 4.31 Å². The number of ketones is 1. The summed E-state index contributed by atoms with van der Waals surface area (Å²) >= 11 is 0. The van der Waals surface area contributed by atoms with Gasteiger partial charge in [0.2, 0.25) is 10.0 Å². The van der Waals surface area contributed by atoms with Crippen LogP contribution in [0.15, 0.2) is 84.0 Å². The van der Waals surface area contributed by atoms with Crippen LogP contribution in [0.5, 0.6) is 11.5 Å². The lowest BCUT2D eigenvalue weighted by Gasteiger charge is -2.24. The summed E-state index contributed by atoms with van der Waals surface area (Å²) in [5, 5.41) is 8.49. The highest BCUT2D eigenvalue weighted by molar-refractivity contribution is 7.89. The molecule has 0 spiro atoms. The van der Waals surface area contributed by atoms with Gasteiger partial charge < -0.3 is 9.47 Å². The molecule has 0 saturated carbocycles. The molecule has 3 aromatic carbocycles. The minimum atomic E-state index is -3.82. The van der Waals surface area contributed by atoms with Gasteiger partial charge in [0.1, 0.15) is 39.3 Å². The minimum absolute atomic E-state index is 0.0472. The molecule has 1 aliphatic rings. The largest absolute Gasteiger partial charge is 0.494 e. The molecule has 5 aromatic rings. The zero-order valence-electron chi connectivity index (χ0n) is 25.7. The van der Waals surface area contributed by atoms with Crippen LogP contribution in [0, 0.1) is 6.92 Å². The molecule has 0 amide bonds. The number of methoxy groups -OCH3 is 1. The van der Waals surface area contributed by atoms with E-state index in [0.29, 0.717) is 17.0 Å². The predicted molar refractivity (Wildman–Crippen MR) is 170 cm³/mol. The molecule has 10 nitrogen and oxygen atoms in total. The van der Waals surface area contributed by atoms with Crippen LogP contribution < -0.4 is 9.47 Å². The number of aryl methyl sites for hydroxylation is 2. The lowest BCUT2D eigenvalue weighted by molar-refractivity contribution is -0.118. The maximum atomic E-state index is 13.8. The fourth-order valence-electron chi connectivity index (χ4n) is 5.95. The van der Waals surface area contributed by atoms with Crippen molar-refractivity contribution in [3.8, 4) is 11.5 Å². The number of sulfonamides is 1. The van der Waals surface area contributed by atoms with Gasteiger partial charge >= 0.3 is 0 Å². The molecule has 0 fully saturated rings. The number of benzene rings is 3. The fourth-order valence-corrected chi connectivity index (χ4v) is 7.56. The number of carbonyl (C=O) groups excluding carboxylic acids is 1. The van der Waals surface area contributed by atoms with Gasteiger partial charge in [-0.05, 0) is 72.0 Å². The van der Waals surface area contributed by atoms with Crippen molar-refractivity contribution in [2.75, 3.05) is 13.7 Å². The van der Waals surface area contributed by atoms with Crippen LogP contribution >= 0.6 is 0 Å². The molecule has 11 heteroatoms. The van der Waals surface area contributed by atoms with Gasteiger partial charge in [-0.2, -0.15) is 4.31 Å². The molecule has 0 saturated heterocycles. The van der Waals surface area contributed by atoms with E-state index in [9.17, 15) is 13.2 Å². The van der Waals surface area contributed by atoms with Crippen LogP contribution in [-0.4, -0.2) is 58.2 Å². The number of Topliss-reactive ketones (excluding diaryl/α,β-unsaturated/α-hetero) is 1. The first-order chi connectivity index (χ1) is 21.6. The summed E-state index contributed by atoms with van der Waals surface area (Å²) in [7, 11) is -0.418. The Morgan fingerprint density at radius 2 is 1.91 bits per heavy atom. The summed E-state index contributed by atoms with van der Waals surface area (Å²) in [5.74, 6) is 0.664. The van der Waals surface area contributed by atoms with E-state index >= 15 is 0 Å². The van der Waals surface area contributed by atoms with Gasteiger partial charge in [0, 0.05) is 44.7 Å². The normalized spacial score (nSPS) is 16.8. The zero-order valence-corrected chi connectivity index (χ0v) is 26.5. The first-order valence-electron chi connectivity index (χ1n) is 14.8. The second kappa shape index (κ2) is 12.4. The summed E-state index contributed by atoms with van der Waals surface area (Å²) in [5.41, 5.74) is 5.80. The minimum Gasteiger partial charge on any atom is -0.494 e. The van der Waals surface area contributed by atoms with E-state index in [1.54, 1.807) is 55.5 Å². The van der Waals surface area contributed by atoms with Crippen molar-refractivity contribution in [2.45, 2.75) is 50.2 Å². The van der Waals surface area contributed by atoms with Gasteiger partial charge in [0.25, 0.3) is 0 Å². The van der Waals surface area contributed by atoms with Crippen molar-refractivity contribution in [1.82, 2.24) is 24.3 Å². The molecule has 1 aliphatic heterocycles. The number of fused-ring (bicyclic) bond motifs is 2. The standard InChI is InChI=1S/C34H35N5O5S/c1-22-11-12-25(15-27(22)21-39-20-23(2)44-31-9-5-6-10-33(31)45(39,41)42)29(18-28(40)14-24-8-7-13-35-19-24)26-16-30-34(32(17-26)43-4)38(3)37-36-30/h5-13,15-17,19,23,29H,14,18,20-21H2,1-4H3/t23-,29+/m1/s1. The van der Waals surface area contributed by atoms with Crippen molar-refractivity contribution in [1.29, 1.82) is 0 Å². The van der Waals surface area contributed by atoms with Gasteiger partial charge in [-0.25, -0.2) is 13.1 Å². The van der Waals surface area contributed by atoms with E-state index in [0.717, 1.165) is 33.3 Å². The Labute approximate surface area is 262 Å². The van der Waals surface area contributed by atoms with E-state index in [1.807, 2.05) is 56.3 Å².